The Morgan fingerprint density at radius 1 is 1.11 bits per heavy atom. The zero-order valence-electron chi connectivity index (χ0n) is 14.4. The highest BCUT2D eigenvalue weighted by atomic mass is 35.5. The second kappa shape index (κ2) is 7.96. The summed E-state index contributed by atoms with van der Waals surface area (Å²) in [6.45, 7) is 0.108. The molecule has 2 aromatic carbocycles. The van der Waals surface area contributed by atoms with E-state index in [4.69, 9.17) is 37.1 Å². The predicted octanol–water partition coefficient (Wildman–Crippen LogP) is 4.54. The summed E-state index contributed by atoms with van der Waals surface area (Å²) in [6, 6.07) is 15.7. The third-order valence-corrected chi connectivity index (χ3v) is 4.55. The summed E-state index contributed by atoms with van der Waals surface area (Å²) >= 11 is 12.2. The number of halogens is 2. The quantitative estimate of drug-likeness (QED) is 0.500. The molecule has 1 amide bonds. The van der Waals surface area contributed by atoms with E-state index in [2.05, 4.69) is 10.5 Å². The number of rotatable bonds is 4. The fourth-order valence-electron chi connectivity index (χ4n) is 2.63. The number of nitrogens with zero attached hydrogens (tertiary/aromatic N) is 1. The topological polar surface area (TPSA) is 73.1 Å². The number of nitrogens with one attached hydrogen (secondary N) is 1. The van der Waals surface area contributed by atoms with Crippen molar-refractivity contribution in [1.29, 1.82) is 0 Å². The fraction of sp³-hybridized carbons (Fsp3) is 0.100. The molecule has 8 heteroatoms. The van der Waals surface area contributed by atoms with E-state index < -0.39 is 12.0 Å². The van der Waals surface area contributed by atoms with Crippen molar-refractivity contribution in [2.75, 3.05) is 6.61 Å². The van der Waals surface area contributed by atoms with Crippen molar-refractivity contribution in [2.45, 2.75) is 6.10 Å². The number of ether oxygens (including phenoxy) is 2. The molecule has 0 radical (unpaired) electrons. The lowest BCUT2D eigenvalue weighted by Crippen LogP contribution is -2.42. The standard InChI is InChI=1S/C20H14Cl2N2O4/c21-12-5-7-15(22)14(9-12)16-8-6-13(27-16)10-23-24-20(25)19-11-26-17-3-1-2-4-18(17)28-19/h1-10,19H,11H2,(H,24,25)/b23-10-. The molecule has 6 nitrogen and oxygen atoms in total. The molecule has 0 aliphatic carbocycles. The first-order valence-corrected chi connectivity index (χ1v) is 9.12. The normalized spacial score (nSPS) is 15.6. The second-order valence-electron chi connectivity index (χ2n) is 5.92. The van der Waals surface area contributed by atoms with Crippen LogP contribution in [0.15, 0.2) is 64.1 Å². The predicted molar refractivity (Wildman–Crippen MR) is 106 cm³/mol. The molecule has 1 aliphatic heterocycles. The summed E-state index contributed by atoms with van der Waals surface area (Å²) in [7, 11) is 0. The maximum atomic E-state index is 12.2. The first-order chi connectivity index (χ1) is 13.6. The lowest BCUT2D eigenvalue weighted by molar-refractivity contribution is -0.130. The molecule has 1 unspecified atom stereocenters. The van der Waals surface area contributed by atoms with Crippen molar-refractivity contribution >= 4 is 35.3 Å². The lowest BCUT2D eigenvalue weighted by Gasteiger charge is -2.24. The summed E-state index contributed by atoms with van der Waals surface area (Å²) < 4.78 is 16.8. The first-order valence-electron chi connectivity index (χ1n) is 8.37. The molecule has 0 saturated carbocycles. The molecule has 0 spiro atoms. The Bertz CT molecular complexity index is 1050. The van der Waals surface area contributed by atoms with E-state index in [1.54, 1.807) is 48.5 Å². The average molecular weight is 417 g/mol. The molecule has 0 bridgehead atoms. The SMILES string of the molecule is O=C(N/N=C\c1ccc(-c2cc(Cl)ccc2Cl)o1)C1COc2ccccc2O1. The number of hydrogen-bond acceptors (Lipinski definition) is 5. The second-order valence-corrected chi connectivity index (χ2v) is 6.77. The average Bonchev–Trinajstić information content (AvgIpc) is 3.18. The van der Waals surface area contributed by atoms with Crippen molar-refractivity contribution in [2.24, 2.45) is 5.10 Å². The van der Waals surface area contributed by atoms with Crippen LogP contribution in [0.4, 0.5) is 0 Å². The third kappa shape index (κ3) is 3.98. The van der Waals surface area contributed by atoms with Gasteiger partial charge in [-0.2, -0.15) is 5.10 Å². The van der Waals surface area contributed by atoms with Crippen LogP contribution in [0.2, 0.25) is 10.0 Å². The van der Waals surface area contributed by atoms with Crippen LogP contribution in [0.3, 0.4) is 0 Å². The molecule has 2 heterocycles. The Morgan fingerprint density at radius 2 is 1.93 bits per heavy atom. The van der Waals surface area contributed by atoms with Crippen LogP contribution in [-0.2, 0) is 4.79 Å². The fourth-order valence-corrected chi connectivity index (χ4v) is 3.02. The number of carbonyl (C=O) groups excluding carboxylic acids is 1. The van der Waals surface area contributed by atoms with Crippen LogP contribution in [0.5, 0.6) is 11.5 Å². The molecule has 1 atom stereocenters. The van der Waals surface area contributed by atoms with Crippen molar-refractivity contribution in [3.8, 4) is 22.8 Å². The van der Waals surface area contributed by atoms with Crippen molar-refractivity contribution in [3.63, 3.8) is 0 Å². The number of hydrogen-bond donors (Lipinski definition) is 1. The summed E-state index contributed by atoms with van der Waals surface area (Å²) in [6.07, 6.45) is 0.599. The van der Waals surface area contributed by atoms with Gasteiger partial charge < -0.3 is 13.9 Å². The number of carbonyl (C=O) groups is 1. The number of fused-ring (bicyclic) bond motifs is 1. The van der Waals surface area contributed by atoms with Crippen molar-refractivity contribution in [1.82, 2.24) is 5.43 Å². The molecule has 0 fully saturated rings. The van der Waals surface area contributed by atoms with E-state index in [9.17, 15) is 4.79 Å². The summed E-state index contributed by atoms with van der Waals surface area (Å²) in [4.78, 5) is 12.2. The van der Waals surface area contributed by atoms with Crippen LogP contribution in [0.25, 0.3) is 11.3 Å². The van der Waals surface area contributed by atoms with Gasteiger partial charge in [-0.3, -0.25) is 4.79 Å². The number of furan rings is 1. The van der Waals surface area contributed by atoms with Crippen LogP contribution in [0, 0.1) is 0 Å². The van der Waals surface area contributed by atoms with E-state index in [0.29, 0.717) is 38.6 Å². The molecular weight excluding hydrogens is 403 g/mol. The smallest absolute Gasteiger partial charge is 0.284 e. The van der Waals surface area contributed by atoms with Gasteiger partial charge in [-0.05, 0) is 42.5 Å². The lowest BCUT2D eigenvalue weighted by atomic mass is 10.2. The largest absolute Gasteiger partial charge is 0.485 e. The summed E-state index contributed by atoms with van der Waals surface area (Å²) in [5.41, 5.74) is 3.09. The van der Waals surface area contributed by atoms with E-state index in [1.165, 1.54) is 6.21 Å². The van der Waals surface area contributed by atoms with Gasteiger partial charge in [0.1, 0.15) is 18.1 Å². The van der Waals surface area contributed by atoms with E-state index >= 15 is 0 Å². The maximum Gasteiger partial charge on any atom is 0.284 e. The first kappa shape index (κ1) is 18.4. The highest BCUT2D eigenvalue weighted by Crippen LogP contribution is 2.32. The van der Waals surface area contributed by atoms with E-state index in [1.807, 2.05) is 6.07 Å². The summed E-state index contributed by atoms with van der Waals surface area (Å²) in [5, 5.41) is 4.98. The van der Waals surface area contributed by atoms with Gasteiger partial charge in [-0.1, -0.05) is 35.3 Å². The maximum absolute atomic E-state index is 12.2. The van der Waals surface area contributed by atoms with Gasteiger partial charge in [0, 0.05) is 10.6 Å². The van der Waals surface area contributed by atoms with Crippen LogP contribution in [0.1, 0.15) is 5.76 Å². The van der Waals surface area contributed by atoms with Gasteiger partial charge in [-0.25, -0.2) is 5.43 Å². The van der Waals surface area contributed by atoms with Gasteiger partial charge in [0.25, 0.3) is 5.91 Å². The molecule has 142 valence electrons. The Hall–Kier alpha value is -2.96. The number of hydrazone groups is 1. The Labute approximate surface area is 170 Å². The third-order valence-electron chi connectivity index (χ3n) is 3.99. The Morgan fingerprint density at radius 3 is 2.79 bits per heavy atom. The van der Waals surface area contributed by atoms with Crippen LogP contribution in [-0.4, -0.2) is 24.8 Å². The zero-order chi connectivity index (χ0) is 19.5. The molecular formula is C20H14Cl2N2O4. The Balaban J connectivity index is 1.39. The van der Waals surface area contributed by atoms with E-state index in [-0.39, 0.29) is 6.61 Å². The molecule has 3 aromatic rings. The number of para-hydroxylation sites is 2. The molecule has 1 aromatic heterocycles. The van der Waals surface area contributed by atoms with Crippen molar-refractivity contribution < 1.29 is 18.7 Å². The monoisotopic (exact) mass is 416 g/mol. The minimum absolute atomic E-state index is 0.108. The minimum Gasteiger partial charge on any atom is -0.485 e. The van der Waals surface area contributed by atoms with Gasteiger partial charge in [0.05, 0.1) is 11.2 Å². The van der Waals surface area contributed by atoms with Gasteiger partial charge >= 0.3 is 0 Å². The number of benzene rings is 2. The number of amides is 1. The highest BCUT2D eigenvalue weighted by Gasteiger charge is 2.27. The molecule has 1 aliphatic rings. The molecule has 0 saturated heterocycles. The zero-order valence-corrected chi connectivity index (χ0v) is 15.9. The van der Waals surface area contributed by atoms with E-state index in [0.717, 1.165) is 0 Å². The van der Waals surface area contributed by atoms with Crippen molar-refractivity contribution in [3.05, 3.63) is 70.4 Å². The minimum atomic E-state index is -0.788. The van der Waals surface area contributed by atoms with Gasteiger partial charge in [0.15, 0.2) is 11.5 Å². The molecule has 1 N–H and O–H groups in total. The van der Waals surface area contributed by atoms with Crippen LogP contribution < -0.4 is 14.9 Å². The molecule has 28 heavy (non-hydrogen) atoms. The summed E-state index contributed by atoms with van der Waals surface area (Å²) in [5.74, 6) is 1.69. The Kier molecular flexibility index (Phi) is 5.23. The van der Waals surface area contributed by atoms with Gasteiger partial charge in [-0.15, -0.1) is 0 Å². The van der Waals surface area contributed by atoms with Gasteiger partial charge in [0.2, 0.25) is 6.10 Å². The molecule has 4 rings (SSSR count). The van der Waals surface area contributed by atoms with Crippen LogP contribution >= 0.6 is 23.2 Å². The highest BCUT2D eigenvalue weighted by molar-refractivity contribution is 6.35.